The summed E-state index contributed by atoms with van der Waals surface area (Å²) in [5.41, 5.74) is 0.659. The second kappa shape index (κ2) is 9.01. The van der Waals surface area contributed by atoms with Crippen molar-refractivity contribution in [3.8, 4) is 6.07 Å². The minimum atomic E-state index is -0.107. The summed E-state index contributed by atoms with van der Waals surface area (Å²) in [4.78, 5) is 33.4. The lowest BCUT2D eigenvalue weighted by Gasteiger charge is -2.32. The summed E-state index contributed by atoms with van der Waals surface area (Å²) in [6, 6.07) is 5.14. The number of aromatic nitrogens is 4. The number of piperidine rings is 1. The number of likely N-dealkylation sites (N-methyl/N-ethyl adjacent to an activating group) is 1. The maximum Gasteiger partial charge on any atom is 0.345 e. The zero-order valence-corrected chi connectivity index (χ0v) is 17.2. The van der Waals surface area contributed by atoms with Crippen LogP contribution in [0.1, 0.15) is 47.6 Å². The molecule has 3 heterocycles. The van der Waals surface area contributed by atoms with Crippen LogP contribution in [0.2, 0.25) is 0 Å². The van der Waals surface area contributed by atoms with Crippen molar-refractivity contribution in [2.24, 2.45) is 0 Å². The van der Waals surface area contributed by atoms with Crippen molar-refractivity contribution in [2.75, 3.05) is 33.7 Å². The first kappa shape index (κ1) is 20.7. The van der Waals surface area contributed by atoms with Crippen LogP contribution in [0.3, 0.4) is 0 Å². The topological polar surface area (TPSA) is 100 Å². The number of pyridine rings is 1. The van der Waals surface area contributed by atoms with E-state index in [1.165, 1.54) is 10.9 Å². The van der Waals surface area contributed by atoms with Crippen LogP contribution in [-0.4, -0.2) is 68.8 Å². The number of amides is 1. The van der Waals surface area contributed by atoms with Gasteiger partial charge in [0, 0.05) is 38.3 Å². The highest BCUT2D eigenvalue weighted by Gasteiger charge is 2.29. The summed E-state index contributed by atoms with van der Waals surface area (Å²) in [7, 11) is 3.93. The molecule has 0 aromatic carbocycles. The number of nitriles is 1. The van der Waals surface area contributed by atoms with Gasteiger partial charge < -0.3 is 9.80 Å². The van der Waals surface area contributed by atoms with Crippen LogP contribution >= 0.6 is 0 Å². The number of hydrogen-bond donors (Lipinski definition) is 0. The van der Waals surface area contributed by atoms with Crippen molar-refractivity contribution in [1.82, 2.24) is 29.1 Å². The van der Waals surface area contributed by atoms with Gasteiger partial charge in [-0.25, -0.2) is 14.5 Å². The monoisotopic (exact) mass is 397 g/mol. The molecule has 0 unspecified atom stereocenters. The molecule has 1 amide bonds. The average molecular weight is 397 g/mol. The summed E-state index contributed by atoms with van der Waals surface area (Å²) >= 11 is 0. The first-order valence-corrected chi connectivity index (χ1v) is 9.92. The molecule has 0 spiro atoms. The lowest BCUT2D eigenvalue weighted by atomic mass is 9.96. The normalized spacial score (nSPS) is 16.8. The number of carbonyl (C=O) groups is 1. The highest BCUT2D eigenvalue weighted by Crippen LogP contribution is 2.26. The largest absolute Gasteiger partial charge is 0.345 e. The van der Waals surface area contributed by atoms with E-state index in [1.54, 1.807) is 21.6 Å². The first-order chi connectivity index (χ1) is 13.9. The summed E-state index contributed by atoms with van der Waals surface area (Å²) in [6.45, 7) is 4.95. The lowest BCUT2D eigenvalue weighted by Crippen LogP contribution is -2.40. The highest BCUT2D eigenvalue weighted by atomic mass is 16.2. The van der Waals surface area contributed by atoms with Gasteiger partial charge in [0.2, 0.25) is 0 Å². The Bertz CT molecular complexity index is 953. The van der Waals surface area contributed by atoms with Crippen LogP contribution < -0.4 is 5.69 Å². The molecular weight excluding hydrogens is 370 g/mol. The molecule has 9 heteroatoms. The third-order valence-corrected chi connectivity index (χ3v) is 5.23. The molecule has 1 saturated heterocycles. The van der Waals surface area contributed by atoms with Crippen LogP contribution in [0.5, 0.6) is 0 Å². The molecule has 9 nitrogen and oxygen atoms in total. The third-order valence-electron chi connectivity index (χ3n) is 5.23. The van der Waals surface area contributed by atoms with Gasteiger partial charge in [-0.3, -0.25) is 9.36 Å². The average Bonchev–Trinajstić information content (AvgIpc) is 3.07. The SMILES string of the molecule is CCn1c([C@H]2CCCN(C(=O)c3ccc(C#N)nc3)C2)nn(CCN(C)C)c1=O. The summed E-state index contributed by atoms with van der Waals surface area (Å²) in [6.07, 6.45) is 3.19. The Morgan fingerprint density at radius 1 is 1.38 bits per heavy atom. The predicted octanol–water partition coefficient (Wildman–Crippen LogP) is 0.913. The molecule has 0 N–H and O–H groups in total. The maximum absolute atomic E-state index is 12.9. The van der Waals surface area contributed by atoms with E-state index in [9.17, 15) is 9.59 Å². The molecule has 29 heavy (non-hydrogen) atoms. The van der Waals surface area contributed by atoms with Crippen LogP contribution in [0.15, 0.2) is 23.1 Å². The van der Waals surface area contributed by atoms with Gasteiger partial charge in [-0.1, -0.05) is 0 Å². The van der Waals surface area contributed by atoms with Gasteiger partial charge in [0.25, 0.3) is 5.91 Å². The fraction of sp³-hybridized carbons (Fsp3) is 0.550. The van der Waals surface area contributed by atoms with Gasteiger partial charge in [-0.05, 0) is 46.0 Å². The van der Waals surface area contributed by atoms with Gasteiger partial charge in [-0.2, -0.15) is 10.4 Å². The van der Waals surface area contributed by atoms with E-state index in [4.69, 9.17) is 5.26 Å². The Balaban J connectivity index is 1.79. The van der Waals surface area contributed by atoms with Crippen LogP contribution in [-0.2, 0) is 13.1 Å². The number of likely N-dealkylation sites (tertiary alicyclic amines) is 1. The quantitative estimate of drug-likeness (QED) is 0.718. The predicted molar refractivity (Wildman–Crippen MR) is 108 cm³/mol. The maximum atomic E-state index is 12.9. The lowest BCUT2D eigenvalue weighted by molar-refractivity contribution is 0.0702. The summed E-state index contributed by atoms with van der Waals surface area (Å²) in [5.74, 6) is 0.670. The fourth-order valence-corrected chi connectivity index (χ4v) is 3.64. The number of nitrogens with zero attached hydrogens (tertiary/aromatic N) is 7. The Kier molecular flexibility index (Phi) is 6.44. The van der Waals surface area contributed by atoms with Crippen molar-refractivity contribution in [3.63, 3.8) is 0 Å². The summed E-state index contributed by atoms with van der Waals surface area (Å²) < 4.78 is 3.25. The van der Waals surface area contributed by atoms with E-state index in [0.29, 0.717) is 31.7 Å². The van der Waals surface area contributed by atoms with Crippen molar-refractivity contribution in [2.45, 2.75) is 38.8 Å². The van der Waals surface area contributed by atoms with Crippen LogP contribution in [0.4, 0.5) is 0 Å². The van der Waals surface area contributed by atoms with E-state index in [-0.39, 0.29) is 23.2 Å². The van der Waals surface area contributed by atoms with Crippen molar-refractivity contribution in [3.05, 3.63) is 45.9 Å². The van der Waals surface area contributed by atoms with Gasteiger partial charge in [-0.15, -0.1) is 0 Å². The van der Waals surface area contributed by atoms with Gasteiger partial charge in [0.05, 0.1) is 12.1 Å². The Morgan fingerprint density at radius 2 is 2.17 bits per heavy atom. The third kappa shape index (κ3) is 4.54. The fourth-order valence-electron chi connectivity index (χ4n) is 3.64. The number of hydrogen-bond acceptors (Lipinski definition) is 6. The minimum Gasteiger partial charge on any atom is -0.338 e. The zero-order chi connectivity index (χ0) is 21.0. The number of carbonyl (C=O) groups excluding carboxylic acids is 1. The second-order valence-electron chi connectivity index (χ2n) is 7.55. The molecule has 3 rings (SSSR count). The first-order valence-electron chi connectivity index (χ1n) is 9.92. The van der Waals surface area contributed by atoms with E-state index < -0.39 is 0 Å². The molecule has 0 aliphatic carbocycles. The smallest absolute Gasteiger partial charge is 0.338 e. The Labute approximate surface area is 170 Å². The molecule has 2 aromatic heterocycles. The zero-order valence-electron chi connectivity index (χ0n) is 17.2. The van der Waals surface area contributed by atoms with Crippen molar-refractivity contribution < 1.29 is 4.79 Å². The van der Waals surface area contributed by atoms with E-state index in [0.717, 1.165) is 25.2 Å². The Morgan fingerprint density at radius 3 is 2.79 bits per heavy atom. The van der Waals surface area contributed by atoms with Crippen LogP contribution in [0, 0.1) is 11.3 Å². The van der Waals surface area contributed by atoms with E-state index >= 15 is 0 Å². The molecule has 2 aromatic rings. The molecular formula is C20H27N7O2. The van der Waals surface area contributed by atoms with Gasteiger partial charge >= 0.3 is 5.69 Å². The summed E-state index contributed by atoms with van der Waals surface area (Å²) in [5, 5.41) is 13.5. The van der Waals surface area contributed by atoms with E-state index in [1.807, 2.05) is 32.0 Å². The molecule has 154 valence electrons. The molecule has 0 saturated carbocycles. The van der Waals surface area contributed by atoms with Gasteiger partial charge in [0.15, 0.2) is 0 Å². The molecule has 0 bridgehead atoms. The molecule has 0 radical (unpaired) electrons. The minimum absolute atomic E-state index is 0.0206. The van der Waals surface area contributed by atoms with Gasteiger partial charge in [0.1, 0.15) is 17.6 Å². The highest BCUT2D eigenvalue weighted by molar-refractivity contribution is 5.94. The Hall–Kier alpha value is -2.99. The molecule has 1 aliphatic heterocycles. The molecule has 1 aliphatic rings. The van der Waals surface area contributed by atoms with E-state index in [2.05, 4.69) is 10.1 Å². The standard InChI is InChI=1S/C20H27N7O2/c1-4-26-18(23-27(20(26)29)11-10-24(2)3)16-6-5-9-25(14-16)19(28)15-7-8-17(12-21)22-13-15/h7-8,13,16H,4-6,9-11,14H2,1-3H3/t16-/m0/s1. The molecule has 1 fully saturated rings. The molecule has 1 atom stereocenters. The van der Waals surface area contributed by atoms with Crippen LogP contribution in [0.25, 0.3) is 0 Å². The second-order valence-corrected chi connectivity index (χ2v) is 7.55. The van der Waals surface area contributed by atoms with Crippen molar-refractivity contribution in [1.29, 1.82) is 5.26 Å². The number of rotatable bonds is 6. The van der Waals surface area contributed by atoms with Crippen molar-refractivity contribution >= 4 is 5.91 Å².